The van der Waals surface area contributed by atoms with Crippen LogP contribution in [-0.4, -0.2) is 49.3 Å². The summed E-state index contributed by atoms with van der Waals surface area (Å²) >= 11 is 0. The van der Waals surface area contributed by atoms with Crippen molar-refractivity contribution in [3.63, 3.8) is 0 Å². The van der Waals surface area contributed by atoms with Gasteiger partial charge in [0, 0.05) is 24.8 Å². The number of Topliss-reactive ketones (excluding diaryl/α,β-unsaturated/α-hetero) is 1. The van der Waals surface area contributed by atoms with Crippen molar-refractivity contribution < 1.29 is 9.72 Å². The van der Waals surface area contributed by atoms with Crippen LogP contribution in [0.15, 0.2) is 18.2 Å². The van der Waals surface area contributed by atoms with E-state index in [1.807, 2.05) is 21.0 Å². The molecule has 0 aliphatic carbocycles. The van der Waals surface area contributed by atoms with Gasteiger partial charge < -0.3 is 9.80 Å². The first-order valence-electron chi connectivity index (χ1n) is 7.05. The van der Waals surface area contributed by atoms with Gasteiger partial charge in [-0.3, -0.25) is 14.9 Å². The van der Waals surface area contributed by atoms with E-state index in [4.69, 9.17) is 0 Å². The molecule has 0 spiro atoms. The number of nitrogens with zero attached hydrogens (tertiary/aromatic N) is 3. The van der Waals surface area contributed by atoms with E-state index in [1.165, 1.54) is 13.0 Å². The number of carbonyl (C=O) groups excluding carboxylic acids is 1. The summed E-state index contributed by atoms with van der Waals surface area (Å²) in [7, 11) is 4.03. The molecular weight excluding hydrogens is 270 g/mol. The predicted molar refractivity (Wildman–Crippen MR) is 84.2 cm³/mol. The highest BCUT2D eigenvalue weighted by Crippen LogP contribution is 2.26. The molecule has 116 valence electrons. The van der Waals surface area contributed by atoms with Gasteiger partial charge in [-0.2, -0.15) is 0 Å². The molecule has 0 atom stereocenters. The lowest BCUT2D eigenvalue weighted by molar-refractivity contribution is -0.385. The Balaban J connectivity index is 2.97. The van der Waals surface area contributed by atoms with Crippen LogP contribution in [0.1, 0.15) is 30.6 Å². The van der Waals surface area contributed by atoms with Crippen molar-refractivity contribution in [3.8, 4) is 0 Å². The van der Waals surface area contributed by atoms with Crippen molar-refractivity contribution >= 4 is 17.2 Å². The molecule has 0 unspecified atom stereocenters. The highest BCUT2D eigenvalue weighted by molar-refractivity contribution is 5.98. The Labute approximate surface area is 125 Å². The Morgan fingerprint density at radius 1 is 1.29 bits per heavy atom. The summed E-state index contributed by atoms with van der Waals surface area (Å²) in [4.78, 5) is 26.3. The molecule has 1 aromatic rings. The van der Waals surface area contributed by atoms with E-state index >= 15 is 0 Å². The lowest BCUT2D eigenvalue weighted by atomic mass is 10.1. The minimum Gasteiger partial charge on any atom is -0.372 e. The predicted octanol–water partition coefficient (Wildman–Crippen LogP) is 2.58. The van der Waals surface area contributed by atoms with Crippen LogP contribution in [0, 0.1) is 10.1 Å². The SMILES string of the molecule is CCN(CCCN(C)C)c1ccc(C(C)=O)c([N+](=O)[O-])c1. The molecule has 0 radical (unpaired) electrons. The smallest absolute Gasteiger partial charge is 0.282 e. The van der Waals surface area contributed by atoms with Gasteiger partial charge in [-0.05, 0) is 53.0 Å². The summed E-state index contributed by atoms with van der Waals surface area (Å²) in [6.07, 6.45) is 0.975. The van der Waals surface area contributed by atoms with Crippen molar-refractivity contribution in [3.05, 3.63) is 33.9 Å². The van der Waals surface area contributed by atoms with Crippen molar-refractivity contribution in [2.75, 3.05) is 38.6 Å². The minimum absolute atomic E-state index is 0.119. The average Bonchev–Trinajstić information content (AvgIpc) is 2.42. The first-order valence-corrected chi connectivity index (χ1v) is 7.05. The Morgan fingerprint density at radius 3 is 2.43 bits per heavy atom. The normalized spacial score (nSPS) is 10.7. The summed E-state index contributed by atoms with van der Waals surface area (Å²) in [5, 5.41) is 11.1. The number of hydrogen-bond donors (Lipinski definition) is 0. The molecule has 0 aliphatic rings. The van der Waals surface area contributed by atoms with Gasteiger partial charge in [0.2, 0.25) is 0 Å². The topological polar surface area (TPSA) is 66.7 Å². The van der Waals surface area contributed by atoms with E-state index in [1.54, 1.807) is 12.1 Å². The Hall–Kier alpha value is -1.95. The van der Waals surface area contributed by atoms with E-state index in [0.29, 0.717) is 0 Å². The molecule has 6 heteroatoms. The maximum absolute atomic E-state index is 11.4. The van der Waals surface area contributed by atoms with Gasteiger partial charge >= 0.3 is 0 Å². The van der Waals surface area contributed by atoms with E-state index in [9.17, 15) is 14.9 Å². The highest BCUT2D eigenvalue weighted by atomic mass is 16.6. The summed E-state index contributed by atoms with van der Waals surface area (Å²) in [5.74, 6) is -0.288. The van der Waals surface area contributed by atoms with E-state index in [2.05, 4.69) is 9.80 Å². The third-order valence-electron chi connectivity index (χ3n) is 3.34. The zero-order valence-corrected chi connectivity index (χ0v) is 13.1. The van der Waals surface area contributed by atoms with Crippen LogP contribution in [0.25, 0.3) is 0 Å². The third kappa shape index (κ3) is 4.82. The average molecular weight is 293 g/mol. The van der Waals surface area contributed by atoms with Gasteiger partial charge in [0.15, 0.2) is 5.78 Å². The second-order valence-electron chi connectivity index (χ2n) is 5.25. The van der Waals surface area contributed by atoms with Gasteiger partial charge in [0.1, 0.15) is 0 Å². The fraction of sp³-hybridized carbons (Fsp3) is 0.533. The quantitative estimate of drug-likeness (QED) is 0.418. The van der Waals surface area contributed by atoms with Crippen LogP contribution in [0.5, 0.6) is 0 Å². The highest BCUT2D eigenvalue weighted by Gasteiger charge is 2.19. The van der Waals surface area contributed by atoms with Crippen LogP contribution in [-0.2, 0) is 0 Å². The molecule has 0 saturated carbocycles. The lowest BCUT2D eigenvalue weighted by Gasteiger charge is -2.24. The van der Waals surface area contributed by atoms with Crippen molar-refractivity contribution in [2.24, 2.45) is 0 Å². The second-order valence-corrected chi connectivity index (χ2v) is 5.25. The Bertz CT molecular complexity index is 515. The van der Waals surface area contributed by atoms with Gasteiger partial charge in [-0.15, -0.1) is 0 Å². The molecule has 0 N–H and O–H groups in total. The largest absolute Gasteiger partial charge is 0.372 e. The standard InChI is InChI=1S/C15H23N3O3/c1-5-17(10-6-9-16(3)4)13-7-8-14(12(2)19)15(11-13)18(20)21/h7-8,11H,5-6,9-10H2,1-4H3. The van der Waals surface area contributed by atoms with E-state index < -0.39 is 4.92 Å². The molecule has 21 heavy (non-hydrogen) atoms. The number of benzene rings is 1. The molecule has 0 bridgehead atoms. The van der Waals surface area contributed by atoms with E-state index in [-0.39, 0.29) is 17.0 Å². The van der Waals surface area contributed by atoms with Crippen LogP contribution < -0.4 is 4.90 Å². The molecule has 0 amide bonds. The molecular formula is C15H23N3O3. The van der Waals surface area contributed by atoms with Crippen molar-refractivity contribution in [2.45, 2.75) is 20.3 Å². The fourth-order valence-electron chi connectivity index (χ4n) is 2.21. The van der Waals surface area contributed by atoms with Crippen LogP contribution in [0.4, 0.5) is 11.4 Å². The van der Waals surface area contributed by atoms with Gasteiger partial charge in [0.25, 0.3) is 5.69 Å². The summed E-state index contributed by atoms with van der Waals surface area (Å²) in [6.45, 7) is 5.91. The molecule has 0 saturated heterocycles. The van der Waals surface area contributed by atoms with Crippen LogP contribution in [0.2, 0.25) is 0 Å². The summed E-state index contributed by atoms with van der Waals surface area (Å²) < 4.78 is 0. The summed E-state index contributed by atoms with van der Waals surface area (Å²) in [6, 6.07) is 4.82. The zero-order valence-electron chi connectivity index (χ0n) is 13.1. The monoisotopic (exact) mass is 293 g/mol. The lowest BCUT2D eigenvalue weighted by Crippen LogP contribution is -2.27. The first-order chi connectivity index (χ1) is 9.86. The van der Waals surface area contributed by atoms with Gasteiger partial charge in [0.05, 0.1) is 10.5 Å². The van der Waals surface area contributed by atoms with Crippen molar-refractivity contribution in [1.29, 1.82) is 0 Å². The number of nitro groups is 1. The molecule has 0 aromatic heterocycles. The minimum atomic E-state index is -0.492. The molecule has 0 fully saturated rings. The number of carbonyl (C=O) groups is 1. The molecule has 1 rings (SSSR count). The maximum Gasteiger partial charge on any atom is 0.282 e. The number of rotatable bonds is 8. The Kier molecular flexibility index (Phi) is 6.30. The number of hydrogen-bond acceptors (Lipinski definition) is 5. The number of ketones is 1. The maximum atomic E-state index is 11.4. The zero-order chi connectivity index (χ0) is 16.0. The first kappa shape index (κ1) is 17.1. The van der Waals surface area contributed by atoms with Crippen LogP contribution in [0.3, 0.4) is 0 Å². The molecule has 0 aliphatic heterocycles. The molecule has 1 aromatic carbocycles. The Morgan fingerprint density at radius 2 is 1.95 bits per heavy atom. The second kappa shape index (κ2) is 7.73. The van der Waals surface area contributed by atoms with Gasteiger partial charge in [-0.25, -0.2) is 0 Å². The third-order valence-corrected chi connectivity index (χ3v) is 3.34. The summed E-state index contributed by atoms with van der Waals surface area (Å²) in [5.41, 5.74) is 0.826. The van der Waals surface area contributed by atoms with Gasteiger partial charge in [-0.1, -0.05) is 0 Å². The van der Waals surface area contributed by atoms with Crippen LogP contribution >= 0.6 is 0 Å². The molecule has 0 heterocycles. The van der Waals surface area contributed by atoms with Crippen molar-refractivity contribution in [1.82, 2.24) is 4.90 Å². The fourth-order valence-corrected chi connectivity index (χ4v) is 2.21. The number of anilines is 1. The van der Waals surface area contributed by atoms with E-state index in [0.717, 1.165) is 31.7 Å². The number of nitro benzene ring substituents is 1. The molecule has 6 nitrogen and oxygen atoms in total.